The number of nitrogens with zero attached hydrogens (tertiary/aromatic N) is 2. The van der Waals surface area contributed by atoms with E-state index in [1.54, 1.807) is 7.11 Å². The first-order chi connectivity index (χ1) is 14.8. The Hall–Kier alpha value is -3.19. The minimum Gasteiger partial charge on any atom is -0.496 e. The highest BCUT2D eigenvalue weighted by Gasteiger charge is 2.19. The fourth-order valence-corrected chi connectivity index (χ4v) is 3.73. The van der Waals surface area contributed by atoms with Crippen LogP contribution >= 0.6 is 0 Å². The van der Waals surface area contributed by atoms with Gasteiger partial charge in [-0.15, -0.1) is 0 Å². The van der Waals surface area contributed by atoms with E-state index in [0.29, 0.717) is 11.6 Å². The van der Waals surface area contributed by atoms with E-state index in [1.807, 2.05) is 26.0 Å². The lowest BCUT2D eigenvalue weighted by atomic mass is 9.94. The lowest BCUT2D eigenvalue weighted by Gasteiger charge is -2.20. The molecule has 2 N–H and O–H groups in total. The van der Waals surface area contributed by atoms with Crippen molar-refractivity contribution in [1.82, 2.24) is 15.4 Å². The number of aromatic nitrogens is 2. The van der Waals surface area contributed by atoms with Crippen LogP contribution in [0.5, 0.6) is 5.75 Å². The van der Waals surface area contributed by atoms with Gasteiger partial charge in [-0.05, 0) is 43.9 Å². The summed E-state index contributed by atoms with van der Waals surface area (Å²) in [4.78, 5) is 26.0. The van der Waals surface area contributed by atoms with E-state index >= 15 is 0 Å². The predicted molar refractivity (Wildman–Crippen MR) is 122 cm³/mol. The van der Waals surface area contributed by atoms with Crippen LogP contribution < -0.4 is 15.5 Å². The van der Waals surface area contributed by atoms with Crippen molar-refractivity contribution in [2.75, 3.05) is 19.5 Å². The smallest absolute Gasteiger partial charge is 0.244 e. The molecule has 0 fully saturated rings. The minimum absolute atomic E-state index is 0.0628. The molecule has 7 nitrogen and oxygen atoms in total. The zero-order valence-electron chi connectivity index (χ0n) is 18.9. The summed E-state index contributed by atoms with van der Waals surface area (Å²) in [6, 6.07) is 12.4. The van der Waals surface area contributed by atoms with Crippen LogP contribution in [0, 0.1) is 13.8 Å². The van der Waals surface area contributed by atoms with Crippen LogP contribution in [-0.2, 0) is 9.63 Å². The summed E-state index contributed by atoms with van der Waals surface area (Å²) in [5, 5.41) is 4.43. The third kappa shape index (κ3) is 5.30. The third-order valence-electron chi connectivity index (χ3n) is 5.29. The second kappa shape index (κ2) is 9.75. The van der Waals surface area contributed by atoms with Gasteiger partial charge in [0.05, 0.1) is 19.7 Å². The summed E-state index contributed by atoms with van der Waals surface area (Å²) in [5.41, 5.74) is 6.48. The van der Waals surface area contributed by atoms with Crippen LogP contribution in [0.1, 0.15) is 54.7 Å². The Morgan fingerprint density at radius 1 is 1.10 bits per heavy atom. The van der Waals surface area contributed by atoms with Gasteiger partial charge in [0, 0.05) is 23.9 Å². The fourth-order valence-electron chi connectivity index (χ4n) is 3.73. The number of fused-ring (bicyclic) bond motifs is 1. The molecule has 0 bridgehead atoms. The molecule has 0 saturated heterocycles. The number of amides is 1. The van der Waals surface area contributed by atoms with Gasteiger partial charge in [-0.2, -0.15) is 0 Å². The van der Waals surface area contributed by atoms with Gasteiger partial charge >= 0.3 is 0 Å². The van der Waals surface area contributed by atoms with E-state index in [-0.39, 0.29) is 24.3 Å². The van der Waals surface area contributed by atoms with E-state index < -0.39 is 0 Å². The van der Waals surface area contributed by atoms with E-state index in [4.69, 9.17) is 9.57 Å². The van der Waals surface area contributed by atoms with Gasteiger partial charge < -0.3 is 10.1 Å². The van der Waals surface area contributed by atoms with Crippen molar-refractivity contribution in [2.45, 2.75) is 46.1 Å². The molecule has 0 radical (unpaired) electrons. The molecular weight excluding hydrogens is 392 g/mol. The third-order valence-corrected chi connectivity index (χ3v) is 5.29. The van der Waals surface area contributed by atoms with Gasteiger partial charge in [0.15, 0.2) is 0 Å². The maximum absolute atomic E-state index is 12.0. The highest BCUT2D eigenvalue weighted by atomic mass is 16.6. The monoisotopic (exact) mass is 422 g/mol. The van der Waals surface area contributed by atoms with E-state index in [9.17, 15) is 4.79 Å². The molecular formula is C24H30N4O3. The lowest BCUT2D eigenvalue weighted by molar-refractivity contribution is -0.131. The molecule has 1 heterocycles. The quantitative estimate of drug-likeness (QED) is 0.516. The molecule has 31 heavy (non-hydrogen) atoms. The Morgan fingerprint density at radius 2 is 1.87 bits per heavy atom. The summed E-state index contributed by atoms with van der Waals surface area (Å²) in [7, 11) is 3.05. The van der Waals surface area contributed by atoms with E-state index in [2.05, 4.69) is 58.9 Å². The Labute approximate surface area is 183 Å². The van der Waals surface area contributed by atoms with Crippen molar-refractivity contribution in [3.63, 3.8) is 0 Å². The molecule has 3 rings (SSSR count). The zero-order valence-corrected chi connectivity index (χ0v) is 18.9. The number of anilines is 1. The van der Waals surface area contributed by atoms with Crippen LogP contribution in [-0.4, -0.2) is 30.1 Å². The molecule has 2 atom stereocenters. The van der Waals surface area contributed by atoms with Crippen molar-refractivity contribution >= 4 is 22.6 Å². The van der Waals surface area contributed by atoms with Gasteiger partial charge in [0.25, 0.3) is 0 Å². The molecule has 0 saturated carbocycles. The number of hydrogen-bond donors (Lipinski definition) is 2. The Kier molecular flexibility index (Phi) is 7.07. The normalized spacial score (nSPS) is 13.0. The molecule has 0 spiro atoms. The van der Waals surface area contributed by atoms with Crippen molar-refractivity contribution in [3.05, 3.63) is 58.9 Å². The zero-order chi connectivity index (χ0) is 22.5. The Bertz CT molecular complexity index is 1080. The predicted octanol–water partition coefficient (Wildman–Crippen LogP) is 4.60. The number of rotatable bonds is 8. The SMILES string of the molecule is CONC(=O)CC(C)c1cc2c(N[C@H](C)c3cccc(C)c3)nc(C)nc2cc1OC. The summed E-state index contributed by atoms with van der Waals surface area (Å²) in [6.45, 7) is 8.05. The number of hydrogen-bond acceptors (Lipinski definition) is 6. The molecule has 1 amide bonds. The summed E-state index contributed by atoms with van der Waals surface area (Å²) < 4.78 is 5.62. The molecule has 0 aliphatic rings. The molecule has 3 aromatic rings. The summed E-state index contributed by atoms with van der Waals surface area (Å²) in [5.74, 6) is 1.85. The Balaban J connectivity index is 2.02. The molecule has 0 aliphatic heterocycles. The number of carbonyl (C=O) groups excluding carboxylic acids is 1. The van der Waals surface area contributed by atoms with E-state index in [0.717, 1.165) is 22.3 Å². The largest absolute Gasteiger partial charge is 0.496 e. The lowest BCUT2D eigenvalue weighted by Crippen LogP contribution is -2.23. The summed E-state index contributed by atoms with van der Waals surface area (Å²) in [6.07, 6.45) is 0.269. The van der Waals surface area contributed by atoms with Gasteiger partial charge in [0.1, 0.15) is 17.4 Å². The average Bonchev–Trinajstić information content (AvgIpc) is 2.72. The van der Waals surface area contributed by atoms with Crippen molar-refractivity contribution in [2.24, 2.45) is 0 Å². The van der Waals surface area contributed by atoms with Gasteiger partial charge in [-0.3, -0.25) is 9.63 Å². The molecule has 0 aliphatic carbocycles. The van der Waals surface area contributed by atoms with Crippen LogP contribution in [0.2, 0.25) is 0 Å². The minimum atomic E-state index is -0.191. The standard InChI is InChI=1S/C24H30N4O3/c1-14-8-7-9-18(10-14)16(3)25-24-20-12-19(15(2)11-23(29)28-31-6)22(30-5)13-21(20)26-17(4)27-24/h7-10,12-13,15-16H,11H2,1-6H3,(H,28,29)(H,25,26,27)/t15?,16-/m1/s1. The molecule has 2 aromatic carbocycles. The first kappa shape index (κ1) is 22.5. The number of carbonyl (C=O) groups is 1. The second-order valence-corrected chi connectivity index (χ2v) is 7.85. The molecule has 7 heteroatoms. The maximum Gasteiger partial charge on any atom is 0.244 e. The average molecular weight is 423 g/mol. The number of ether oxygens (including phenoxy) is 1. The first-order valence-corrected chi connectivity index (χ1v) is 10.3. The number of aryl methyl sites for hydroxylation is 2. The van der Waals surface area contributed by atoms with Crippen LogP contribution in [0.3, 0.4) is 0 Å². The number of hydroxylamine groups is 1. The molecule has 164 valence electrons. The number of benzene rings is 2. The van der Waals surface area contributed by atoms with E-state index in [1.165, 1.54) is 18.2 Å². The second-order valence-electron chi connectivity index (χ2n) is 7.85. The Morgan fingerprint density at radius 3 is 2.55 bits per heavy atom. The number of nitrogens with one attached hydrogen (secondary N) is 2. The first-order valence-electron chi connectivity index (χ1n) is 10.3. The van der Waals surface area contributed by atoms with Gasteiger partial charge in [-0.25, -0.2) is 15.4 Å². The van der Waals surface area contributed by atoms with Gasteiger partial charge in [-0.1, -0.05) is 36.8 Å². The van der Waals surface area contributed by atoms with Gasteiger partial charge in [0.2, 0.25) is 5.91 Å². The van der Waals surface area contributed by atoms with Crippen LogP contribution in [0.25, 0.3) is 10.9 Å². The molecule has 1 unspecified atom stereocenters. The fraction of sp³-hybridized carbons (Fsp3) is 0.375. The maximum atomic E-state index is 12.0. The topological polar surface area (TPSA) is 85.4 Å². The van der Waals surface area contributed by atoms with Crippen molar-refractivity contribution < 1.29 is 14.4 Å². The highest BCUT2D eigenvalue weighted by molar-refractivity contribution is 5.91. The number of methoxy groups -OCH3 is 1. The molecule has 1 aromatic heterocycles. The van der Waals surface area contributed by atoms with Crippen LogP contribution in [0.4, 0.5) is 5.82 Å². The van der Waals surface area contributed by atoms with Crippen molar-refractivity contribution in [1.29, 1.82) is 0 Å². The van der Waals surface area contributed by atoms with Crippen molar-refractivity contribution in [3.8, 4) is 5.75 Å². The van der Waals surface area contributed by atoms with Crippen LogP contribution in [0.15, 0.2) is 36.4 Å². The highest BCUT2D eigenvalue weighted by Crippen LogP contribution is 2.35. The summed E-state index contributed by atoms with van der Waals surface area (Å²) >= 11 is 0.